The van der Waals surface area contributed by atoms with E-state index in [9.17, 15) is 4.79 Å². The predicted octanol–water partition coefficient (Wildman–Crippen LogP) is 2.98. The lowest BCUT2D eigenvalue weighted by molar-refractivity contribution is 0.0193. The highest BCUT2D eigenvalue weighted by atomic mass is 127. The molecule has 0 spiro atoms. The van der Waals surface area contributed by atoms with Crippen molar-refractivity contribution in [3.8, 4) is 0 Å². The number of carbonyl (C=O) groups is 1. The van der Waals surface area contributed by atoms with E-state index in [0.717, 1.165) is 56.4 Å². The van der Waals surface area contributed by atoms with E-state index in [1.54, 1.807) is 4.90 Å². The fourth-order valence-electron chi connectivity index (χ4n) is 3.06. The summed E-state index contributed by atoms with van der Waals surface area (Å²) in [6.07, 6.45) is 3.84. The number of ether oxygens (including phenoxy) is 1. The highest BCUT2D eigenvalue weighted by molar-refractivity contribution is 14.0. The molecule has 0 saturated carbocycles. The number of aryl methyl sites for hydroxylation is 1. The molecule has 1 unspecified atom stereocenters. The first-order valence-electron chi connectivity index (χ1n) is 10.6. The molecule has 0 radical (unpaired) electrons. The third kappa shape index (κ3) is 8.65. The Morgan fingerprint density at radius 1 is 1.33 bits per heavy atom. The second-order valence-electron chi connectivity index (χ2n) is 8.58. The van der Waals surface area contributed by atoms with E-state index >= 15 is 0 Å². The van der Waals surface area contributed by atoms with Crippen molar-refractivity contribution in [2.24, 2.45) is 12.0 Å². The molecule has 0 bridgehead atoms. The van der Waals surface area contributed by atoms with E-state index in [1.807, 2.05) is 39.3 Å². The minimum absolute atomic E-state index is 0. The summed E-state index contributed by atoms with van der Waals surface area (Å²) in [5, 5.41) is 15.2. The molecule has 1 atom stereocenters. The SMILES string of the molecule is CCCCNC(=NCc1nnc(C)n1C)NC1CCCN(C(=O)OC(C)(C)C)C1.I. The van der Waals surface area contributed by atoms with Gasteiger partial charge in [-0.05, 0) is 47.0 Å². The molecule has 172 valence electrons. The molecule has 2 heterocycles. The van der Waals surface area contributed by atoms with Crippen molar-refractivity contribution in [3.63, 3.8) is 0 Å². The molecular formula is C20H38IN7O2. The maximum Gasteiger partial charge on any atom is 0.410 e. The molecule has 9 nitrogen and oxygen atoms in total. The number of hydrogen-bond acceptors (Lipinski definition) is 5. The fourth-order valence-corrected chi connectivity index (χ4v) is 3.06. The second kappa shape index (κ2) is 12.3. The van der Waals surface area contributed by atoms with Gasteiger partial charge >= 0.3 is 6.09 Å². The van der Waals surface area contributed by atoms with Crippen LogP contribution in [0.15, 0.2) is 4.99 Å². The highest BCUT2D eigenvalue weighted by Crippen LogP contribution is 2.15. The highest BCUT2D eigenvalue weighted by Gasteiger charge is 2.28. The zero-order chi connectivity index (χ0) is 21.4. The lowest BCUT2D eigenvalue weighted by atomic mass is 10.1. The van der Waals surface area contributed by atoms with Gasteiger partial charge in [0.2, 0.25) is 0 Å². The first-order valence-corrected chi connectivity index (χ1v) is 10.6. The summed E-state index contributed by atoms with van der Waals surface area (Å²) < 4.78 is 7.47. The molecule has 1 aromatic heterocycles. The van der Waals surface area contributed by atoms with Crippen LogP contribution < -0.4 is 10.6 Å². The zero-order valence-electron chi connectivity index (χ0n) is 19.2. The normalized spacial score (nSPS) is 17.3. The number of piperidine rings is 1. The van der Waals surface area contributed by atoms with Crippen LogP contribution in [-0.2, 0) is 18.3 Å². The maximum absolute atomic E-state index is 12.4. The van der Waals surface area contributed by atoms with Crippen LogP contribution in [0.2, 0.25) is 0 Å². The topological polar surface area (TPSA) is 96.7 Å². The fraction of sp³-hybridized carbons (Fsp3) is 0.800. The first kappa shape index (κ1) is 26.4. The number of aliphatic imine (C=N–C) groups is 1. The number of likely N-dealkylation sites (tertiary alicyclic amines) is 1. The minimum atomic E-state index is -0.486. The van der Waals surface area contributed by atoms with Crippen molar-refractivity contribution in [2.75, 3.05) is 19.6 Å². The van der Waals surface area contributed by atoms with E-state index in [0.29, 0.717) is 13.1 Å². The summed E-state index contributed by atoms with van der Waals surface area (Å²) in [6.45, 7) is 12.4. The van der Waals surface area contributed by atoms with E-state index in [1.165, 1.54) is 0 Å². The molecule has 0 aromatic carbocycles. The van der Waals surface area contributed by atoms with Gasteiger partial charge in [-0.25, -0.2) is 9.79 Å². The summed E-state index contributed by atoms with van der Waals surface area (Å²) >= 11 is 0. The molecule has 1 aliphatic heterocycles. The molecular weight excluding hydrogens is 497 g/mol. The Morgan fingerprint density at radius 3 is 2.67 bits per heavy atom. The summed E-state index contributed by atoms with van der Waals surface area (Å²) in [5.41, 5.74) is -0.486. The number of carbonyl (C=O) groups excluding carboxylic acids is 1. The average Bonchev–Trinajstić information content (AvgIpc) is 2.97. The van der Waals surface area contributed by atoms with Crippen molar-refractivity contribution in [1.29, 1.82) is 0 Å². The van der Waals surface area contributed by atoms with Crippen molar-refractivity contribution < 1.29 is 9.53 Å². The number of amides is 1. The second-order valence-corrected chi connectivity index (χ2v) is 8.58. The summed E-state index contributed by atoms with van der Waals surface area (Å²) in [4.78, 5) is 18.9. The van der Waals surface area contributed by atoms with Gasteiger partial charge in [0.05, 0.1) is 0 Å². The van der Waals surface area contributed by atoms with E-state index < -0.39 is 5.60 Å². The van der Waals surface area contributed by atoms with Gasteiger partial charge in [0.1, 0.15) is 18.0 Å². The Morgan fingerprint density at radius 2 is 2.07 bits per heavy atom. The Bertz CT molecular complexity index is 700. The Kier molecular flexibility index (Phi) is 10.9. The molecule has 30 heavy (non-hydrogen) atoms. The number of nitrogens with zero attached hydrogens (tertiary/aromatic N) is 5. The standard InChI is InChI=1S/C20H37N7O2.HI/c1-7-8-11-21-18(22-13-17-25-24-15(2)26(17)6)23-16-10-9-12-27(14-16)19(28)29-20(3,4)5;/h16H,7-14H2,1-6H3,(H2,21,22,23);1H. The number of aromatic nitrogens is 3. The van der Waals surface area contributed by atoms with Crippen LogP contribution in [0.3, 0.4) is 0 Å². The van der Waals surface area contributed by atoms with Crippen LogP contribution in [0, 0.1) is 6.92 Å². The van der Waals surface area contributed by atoms with Gasteiger partial charge in [-0.3, -0.25) is 0 Å². The average molecular weight is 535 g/mol. The number of rotatable bonds is 6. The number of unbranched alkanes of at least 4 members (excludes halogenated alkanes) is 1. The van der Waals surface area contributed by atoms with Crippen LogP contribution in [0.25, 0.3) is 0 Å². The Hall–Kier alpha value is -1.59. The van der Waals surface area contributed by atoms with Gasteiger partial charge in [-0.1, -0.05) is 13.3 Å². The van der Waals surface area contributed by atoms with Gasteiger partial charge in [-0.15, -0.1) is 34.2 Å². The van der Waals surface area contributed by atoms with Crippen LogP contribution in [0.1, 0.15) is 65.0 Å². The molecule has 1 saturated heterocycles. The van der Waals surface area contributed by atoms with Gasteiger partial charge < -0.3 is 24.8 Å². The van der Waals surface area contributed by atoms with Crippen molar-refractivity contribution >= 4 is 36.0 Å². The largest absolute Gasteiger partial charge is 0.444 e. The van der Waals surface area contributed by atoms with Crippen LogP contribution >= 0.6 is 24.0 Å². The van der Waals surface area contributed by atoms with Gasteiger partial charge in [0, 0.05) is 32.7 Å². The molecule has 1 aromatic rings. The lowest BCUT2D eigenvalue weighted by Crippen LogP contribution is -2.53. The Balaban J connectivity index is 0.00000450. The molecule has 2 rings (SSSR count). The maximum atomic E-state index is 12.4. The van der Waals surface area contributed by atoms with Crippen molar-refractivity contribution in [2.45, 2.75) is 78.5 Å². The number of nitrogens with one attached hydrogen (secondary N) is 2. The monoisotopic (exact) mass is 535 g/mol. The summed E-state index contributed by atoms with van der Waals surface area (Å²) in [6, 6.07) is 0.130. The van der Waals surface area contributed by atoms with Gasteiger partial charge in [0.15, 0.2) is 11.8 Å². The van der Waals surface area contributed by atoms with Crippen molar-refractivity contribution in [3.05, 3.63) is 11.6 Å². The number of hydrogen-bond donors (Lipinski definition) is 2. The molecule has 0 aliphatic carbocycles. The van der Waals surface area contributed by atoms with Crippen LogP contribution in [0.5, 0.6) is 0 Å². The smallest absolute Gasteiger partial charge is 0.410 e. The third-order valence-corrected chi connectivity index (χ3v) is 4.80. The quantitative estimate of drug-likeness (QED) is 0.252. The molecule has 1 amide bonds. The van der Waals surface area contributed by atoms with Crippen LogP contribution in [0.4, 0.5) is 4.79 Å². The van der Waals surface area contributed by atoms with E-state index in [-0.39, 0.29) is 36.1 Å². The van der Waals surface area contributed by atoms with E-state index in [4.69, 9.17) is 9.73 Å². The summed E-state index contributed by atoms with van der Waals surface area (Å²) in [5.74, 6) is 2.43. The molecule has 1 aliphatic rings. The van der Waals surface area contributed by atoms with Crippen molar-refractivity contribution in [1.82, 2.24) is 30.3 Å². The first-order chi connectivity index (χ1) is 13.7. The predicted molar refractivity (Wildman–Crippen MR) is 129 cm³/mol. The molecule has 10 heteroatoms. The zero-order valence-corrected chi connectivity index (χ0v) is 21.5. The lowest BCUT2D eigenvalue weighted by Gasteiger charge is -2.35. The summed E-state index contributed by atoms with van der Waals surface area (Å²) in [7, 11) is 1.94. The van der Waals surface area contributed by atoms with Crippen LogP contribution in [-0.4, -0.2) is 63.0 Å². The third-order valence-electron chi connectivity index (χ3n) is 4.80. The van der Waals surface area contributed by atoms with Gasteiger partial charge in [-0.2, -0.15) is 0 Å². The number of guanidine groups is 1. The minimum Gasteiger partial charge on any atom is -0.444 e. The molecule has 2 N–H and O–H groups in total. The molecule has 1 fully saturated rings. The van der Waals surface area contributed by atoms with Gasteiger partial charge in [0.25, 0.3) is 0 Å². The van der Waals surface area contributed by atoms with E-state index in [2.05, 4.69) is 27.8 Å². The number of halogens is 1. The Labute approximate surface area is 197 Å².